The summed E-state index contributed by atoms with van der Waals surface area (Å²) in [6, 6.07) is 13.7. The molecule has 2 amide bonds. The first-order valence-corrected chi connectivity index (χ1v) is 8.48. The second-order valence-corrected chi connectivity index (χ2v) is 5.95. The van der Waals surface area contributed by atoms with Crippen LogP contribution in [0.25, 0.3) is 10.9 Å². The topological polar surface area (TPSA) is 75.4 Å². The number of amides is 2. The summed E-state index contributed by atoms with van der Waals surface area (Å²) in [5.74, 6) is 1.31. The third-order valence-corrected chi connectivity index (χ3v) is 4.22. The van der Waals surface area contributed by atoms with Gasteiger partial charge in [0, 0.05) is 24.8 Å². The van der Waals surface area contributed by atoms with Gasteiger partial charge in [0.2, 0.25) is 0 Å². The summed E-state index contributed by atoms with van der Waals surface area (Å²) in [5, 5.41) is 6.91. The van der Waals surface area contributed by atoms with Gasteiger partial charge in [0.15, 0.2) is 11.5 Å². The number of methoxy groups -OCH3 is 2. The summed E-state index contributed by atoms with van der Waals surface area (Å²) in [5.41, 5.74) is 3.23. The fourth-order valence-electron chi connectivity index (χ4n) is 2.81. The lowest BCUT2D eigenvalue weighted by atomic mass is 10.1. The van der Waals surface area contributed by atoms with E-state index in [9.17, 15) is 4.79 Å². The van der Waals surface area contributed by atoms with Crippen LogP contribution in [0.4, 0.5) is 4.79 Å². The van der Waals surface area contributed by atoms with Gasteiger partial charge >= 0.3 is 6.03 Å². The Bertz CT molecular complexity index is 889. The molecule has 3 aromatic rings. The lowest BCUT2D eigenvalue weighted by molar-refractivity contribution is 0.240. The Morgan fingerprint density at radius 2 is 1.77 bits per heavy atom. The van der Waals surface area contributed by atoms with Gasteiger partial charge in [-0.25, -0.2) is 4.79 Å². The third kappa shape index (κ3) is 4.27. The summed E-state index contributed by atoms with van der Waals surface area (Å²) in [6.45, 7) is 0.991. The number of benzene rings is 2. The SMILES string of the molecule is COc1ccc(CNC(=O)NCCc2ccc3cc[nH]c3c2)cc1OC. The van der Waals surface area contributed by atoms with Crippen molar-refractivity contribution in [1.29, 1.82) is 0 Å². The van der Waals surface area contributed by atoms with Crippen molar-refractivity contribution in [3.05, 3.63) is 59.8 Å². The molecule has 1 heterocycles. The van der Waals surface area contributed by atoms with Gasteiger partial charge < -0.3 is 25.1 Å². The molecule has 0 aliphatic rings. The molecule has 0 unspecified atom stereocenters. The maximum atomic E-state index is 12.0. The van der Waals surface area contributed by atoms with Gasteiger partial charge in [-0.3, -0.25) is 0 Å². The molecular formula is C20H23N3O3. The van der Waals surface area contributed by atoms with Crippen LogP contribution in [0.2, 0.25) is 0 Å². The van der Waals surface area contributed by atoms with Crippen molar-refractivity contribution < 1.29 is 14.3 Å². The molecule has 0 fully saturated rings. The molecule has 6 nitrogen and oxygen atoms in total. The average molecular weight is 353 g/mol. The number of fused-ring (bicyclic) bond motifs is 1. The Morgan fingerprint density at radius 1 is 0.962 bits per heavy atom. The number of H-pyrrole nitrogens is 1. The fourth-order valence-corrected chi connectivity index (χ4v) is 2.81. The van der Waals surface area contributed by atoms with Crippen molar-refractivity contribution in [2.75, 3.05) is 20.8 Å². The molecular weight excluding hydrogens is 330 g/mol. The third-order valence-electron chi connectivity index (χ3n) is 4.22. The number of ether oxygens (including phenoxy) is 2. The Kier molecular flexibility index (Phi) is 5.63. The molecule has 0 radical (unpaired) electrons. The predicted octanol–water partition coefficient (Wildman–Crippen LogP) is 3.23. The molecule has 6 heteroatoms. The second kappa shape index (κ2) is 8.29. The molecule has 1 aromatic heterocycles. The molecule has 136 valence electrons. The Labute approximate surface area is 152 Å². The predicted molar refractivity (Wildman–Crippen MR) is 102 cm³/mol. The Morgan fingerprint density at radius 3 is 2.58 bits per heavy atom. The standard InChI is InChI=1S/C20H23N3O3/c1-25-18-6-4-15(12-19(18)26-2)13-23-20(24)22-9-7-14-3-5-16-8-10-21-17(16)11-14/h3-6,8,10-12,21H,7,9,13H2,1-2H3,(H2,22,23,24). The summed E-state index contributed by atoms with van der Waals surface area (Å²) in [4.78, 5) is 15.2. The highest BCUT2D eigenvalue weighted by molar-refractivity contribution is 5.79. The molecule has 3 rings (SSSR count). The van der Waals surface area contributed by atoms with Crippen LogP contribution in [0.3, 0.4) is 0 Å². The van der Waals surface area contributed by atoms with Crippen molar-refractivity contribution in [2.24, 2.45) is 0 Å². The summed E-state index contributed by atoms with van der Waals surface area (Å²) in [7, 11) is 3.18. The minimum absolute atomic E-state index is 0.194. The minimum atomic E-state index is -0.194. The number of hydrogen-bond acceptors (Lipinski definition) is 3. The maximum Gasteiger partial charge on any atom is 0.315 e. The van der Waals surface area contributed by atoms with Crippen LogP contribution in [-0.2, 0) is 13.0 Å². The first-order valence-electron chi connectivity index (χ1n) is 8.48. The number of rotatable bonds is 7. The monoisotopic (exact) mass is 353 g/mol. The molecule has 3 N–H and O–H groups in total. The van der Waals surface area contributed by atoms with Gasteiger partial charge in [0.1, 0.15) is 0 Å². The highest BCUT2D eigenvalue weighted by Crippen LogP contribution is 2.27. The quantitative estimate of drug-likeness (QED) is 0.610. The van der Waals surface area contributed by atoms with Crippen LogP contribution >= 0.6 is 0 Å². The molecule has 0 atom stereocenters. The van der Waals surface area contributed by atoms with E-state index < -0.39 is 0 Å². The maximum absolute atomic E-state index is 12.0. The van der Waals surface area contributed by atoms with E-state index in [-0.39, 0.29) is 6.03 Å². The van der Waals surface area contributed by atoms with Crippen LogP contribution in [0.1, 0.15) is 11.1 Å². The Hall–Kier alpha value is -3.15. The van der Waals surface area contributed by atoms with Crippen LogP contribution in [-0.4, -0.2) is 31.8 Å². The number of aromatic amines is 1. The van der Waals surface area contributed by atoms with Crippen LogP contribution in [0.5, 0.6) is 11.5 Å². The molecule has 0 spiro atoms. The number of urea groups is 1. The van der Waals surface area contributed by atoms with E-state index in [1.54, 1.807) is 14.2 Å². The average Bonchev–Trinajstić information content (AvgIpc) is 3.14. The van der Waals surface area contributed by atoms with Gasteiger partial charge in [-0.05, 0) is 47.2 Å². The van der Waals surface area contributed by atoms with E-state index in [0.29, 0.717) is 24.6 Å². The minimum Gasteiger partial charge on any atom is -0.493 e. The molecule has 0 saturated heterocycles. The zero-order valence-corrected chi connectivity index (χ0v) is 15.0. The van der Waals surface area contributed by atoms with Crippen LogP contribution in [0.15, 0.2) is 48.7 Å². The summed E-state index contributed by atoms with van der Waals surface area (Å²) in [6.07, 6.45) is 2.70. The van der Waals surface area contributed by atoms with Crippen molar-refractivity contribution in [3.8, 4) is 11.5 Å². The number of hydrogen-bond donors (Lipinski definition) is 3. The van der Waals surface area contributed by atoms with Crippen LogP contribution in [0, 0.1) is 0 Å². The highest BCUT2D eigenvalue weighted by Gasteiger charge is 2.06. The van der Waals surface area contributed by atoms with E-state index >= 15 is 0 Å². The van der Waals surface area contributed by atoms with Crippen molar-refractivity contribution >= 4 is 16.9 Å². The van der Waals surface area contributed by atoms with Gasteiger partial charge in [-0.2, -0.15) is 0 Å². The second-order valence-electron chi connectivity index (χ2n) is 5.95. The van der Waals surface area contributed by atoms with Crippen molar-refractivity contribution in [3.63, 3.8) is 0 Å². The number of nitrogens with one attached hydrogen (secondary N) is 3. The lowest BCUT2D eigenvalue weighted by Crippen LogP contribution is -2.36. The van der Waals surface area contributed by atoms with Crippen molar-refractivity contribution in [2.45, 2.75) is 13.0 Å². The van der Waals surface area contributed by atoms with E-state index in [2.05, 4.69) is 33.8 Å². The first-order chi connectivity index (χ1) is 12.7. The van der Waals surface area contributed by atoms with Gasteiger partial charge in [0.05, 0.1) is 14.2 Å². The molecule has 0 aliphatic carbocycles. The smallest absolute Gasteiger partial charge is 0.315 e. The molecule has 26 heavy (non-hydrogen) atoms. The molecule has 0 bridgehead atoms. The van der Waals surface area contributed by atoms with E-state index in [1.807, 2.05) is 30.5 Å². The van der Waals surface area contributed by atoms with E-state index in [0.717, 1.165) is 17.5 Å². The highest BCUT2D eigenvalue weighted by atomic mass is 16.5. The number of aromatic nitrogens is 1. The number of carbonyl (C=O) groups is 1. The van der Waals surface area contributed by atoms with E-state index in [1.165, 1.54) is 10.9 Å². The van der Waals surface area contributed by atoms with Crippen molar-refractivity contribution in [1.82, 2.24) is 15.6 Å². The number of carbonyl (C=O) groups excluding carboxylic acids is 1. The fraction of sp³-hybridized carbons (Fsp3) is 0.250. The zero-order chi connectivity index (χ0) is 18.4. The van der Waals surface area contributed by atoms with Gasteiger partial charge in [-0.15, -0.1) is 0 Å². The largest absolute Gasteiger partial charge is 0.493 e. The summed E-state index contributed by atoms with van der Waals surface area (Å²) < 4.78 is 10.5. The van der Waals surface area contributed by atoms with E-state index in [4.69, 9.17) is 9.47 Å². The first kappa shape index (κ1) is 17.7. The normalized spacial score (nSPS) is 10.5. The zero-order valence-electron chi connectivity index (χ0n) is 15.0. The lowest BCUT2D eigenvalue weighted by Gasteiger charge is -2.11. The van der Waals surface area contributed by atoms with Gasteiger partial charge in [0.25, 0.3) is 0 Å². The van der Waals surface area contributed by atoms with Crippen LogP contribution < -0.4 is 20.1 Å². The van der Waals surface area contributed by atoms with Gasteiger partial charge in [-0.1, -0.05) is 18.2 Å². The summed E-state index contributed by atoms with van der Waals surface area (Å²) >= 11 is 0. The Balaban J connectivity index is 1.45. The molecule has 2 aromatic carbocycles. The molecule has 0 aliphatic heterocycles. The molecule has 0 saturated carbocycles.